The predicted molar refractivity (Wildman–Crippen MR) is 87.1 cm³/mol. The third-order valence-electron chi connectivity index (χ3n) is 4.77. The molecule has 7 heteroatoms. The van der Waals surface area contributed by atoms with Crippen LogP contribution >= 0.6 is 11.6 Å². The van der Waals surface area contributed by atoms with Crippen molar-refractivity contribution < 1.29 is 24.2 Å². The Balaban J connectivity index is 1.93. The Morgan fingerprint density at radius 1 is 1.21 bits per heavy atom. The number of benzene rings is 1. The van der Waals surface area contributed by atoms with Gasteiger partial charge in [-0.25, -0.2) is 4.79 Å². The van der Waals surface area contributed by atoms with E-state index in [4.69, 9.17) is 26.2 Å². The van der Waals surface area contributed by atoms with Crippen LogP contribution in [0.4, 0.5) is 0 Å². The molecule has 1 amide bonds. The number of morpholine rings is 1. The van der Waals surface area contributed by atoms with Crippen molar-refractivity contribution in [1.29, 1.82) is 0 Å². The third-order valence-corrected chi connectivity index (χ3v) is 5.10. The van der Waals surface area contributed by atoms with Crippen molar-refractivity contribution >= 4 is 23.5 Å². The molecule has 0 aromatic heterocycles. The highest BCUT2D eigenvalue weighted by atomic mass is 35.5. The molecule has 3 rings (SSSR count). The molecule has 2 aliphatic rings. The molecule has 2 heterocycles. The highest BCUT2D eigenvalue weighted by molar-refractivity contribution is 6.31. The second kappa shape index (κ2) is 7.09. The molecule has 0 radical (unpaired) electrons. The minimum absolute atomic E-state index is 0.0568. The number of carbonyl (C=O) groups is 2. The second-order valence-corrected chi connectivity index (χ2v) is 6.53. The van der Waals surface area contributed by atoms with Crippen LogP contribution in [0.5, 0.6) is 0 Å². The average molecular weight is 354 g/mol. The van der Waals surface area contributed by atoms with Gasteiger partial charge in [-0.05, 0) is 24.5 Å². The fourth-order valence-electron chi connectivity index (χ4n) is 3.45. The van der Waals surface area contributed by atoms with E-state index in [1.807, 2.05) is 18.2 Å². The molecule has 2 saturated heterocycles. The van der Waals surface area contributed by atoms with E-state index in [0.29, 0.717) is 37.6 Å². The summed E-state index contributed by atoms with van der Waals surface area (Å²) in [7, 11) is 0. The lowest BCUT2D eigenvalue weighted by Crippen LogP contribution is -2.56. The summed E-state index contributed by atoms with van der Waals surface area (Å²) >= 11 is 6.38. The van der Waals surface area contributed by atoms with E-state index in [-0.39, 0.29) is 19.1 Å². The lowest BCUT2D eigenvalue weighted by atomic mass is 9.72. The molecule has 1 aromatic carbocycles. The van der Waals surface area contributed by atoms with Crippen LogP contribution < -0.4 is 0 Å². The lowest BCUT2D eigenvalue weighted by molar-refractivity contribution is -0.162. The maximum atomic E-state index is 13.4. The number of ether oxygens (including phenoxy) is 2. The van der Waals surface area contributed by atoms with Gasteiger partial charge in [0.15, 0.2) is 6.10 Å². The van der Waals surface area contributed by atoms with Gasteiger partial charge in [0.05, 0.1) is 18.6 Å². The average Bonchev–Trinajstić information content (AvgIpc) is 2.62. The molecule has 1 aromatic rings. The van der Waals surface area contributed by atoms with E-state index in [2.05, 4.69) is 0 Å². The first-order valence-corrected chi connectivity index (χ1v) is 8.39. The summed E-state index contributed by atoms with van der Waals surface area (Å²) in [5.41, 5.74) is 0.0232. The van der Waals surface area contributed by atoms with Gasteiger partial charge in [-0.15, -0.1) is 0 Å². The molecule has 2 fully saturated rings. The monoisotopic (exact) mass is 353 g/mol. The van der Waals surface area contributed by atoms with Crippen LogP contribution in [-0.4, -0.2) is 60.9 Å². The Labute approximate surface area is 145 Å². The standard InChI is InChI=1S/C17H20ClNO5/c18-13-4-2-1-3-12(13)17(5-8-23-9-6-17)16(22)19-7-10-24-14(11-19)15(20)21/h1-4,14H,5-11H2,(H,20,21)/t14-/m0/s1. The van der Waals surface area contributed by atoms with Crippen molar-refractivity contribution in [3.05, 3.63) is 34.9 Å². The van der Waals surface area contributed by atoms with Crippen molar-refractivity contribution in [2.75, 3.05) is 32.9 Å². The number of nitrogens with zero attached hydrogens (tertiary/aromatic N) is 1. The van der Waals surface area contributed by atoms with Gasteiger partial charge in [-0.1, -0.05) is 29.8 Å². The van der Waals surface area contributed by atoms with Gasteiger partial charge >= 0.3 is 5.97 Å². The molecule has 0 saturated carbocycles. The highest BCUT2D eigenvalue weighted by Crippen LogP contribution is 2.40. The molecule has 1 atom stereocenters. The van der Waals surface area contributed by atoms with Gasteiger partial charge < -0.3 is 19.5 Å². The first-order valence-electron chi connectivity index (χ1n) is 8.01. The highest BCUT2D eigenvalue weighted by Gasteiger charge is 2.46. The van der Waals surface area contributed by atoms with Gasteiger partial charge in [0.25, 0.3) is 0 Å². The minimum atomic E-state index is -1.05. The van der Waals surface area contributed by atoms with E-state index in [1.54, 1.807) is 11.0 Å². The number of carboxylic acids is 1. The van der Waals surface area contributed by atoms with E-state index in [0.717, 1.165) is 5.56 Å². The molecule has 6 nitrogen and oxygen atoms in total. The fourth-order valence-corrected chi connectivity index (χ4v) is 3.77. The smallest absolute Gasteiger partial charge is 0.334 e. The number of carboxylic acid groups (broad SMARTS) is 1. The van der Waals surface area contributed by atoms with Crippen molar-refractivity contribution in [2.45, 2.75) is 24.4 Å². The summed E-state index contributed by atoms with van der Waals surface area (Å²) in [6, 6.07) is 7.35. The molecule has 130 valence electrons. The second-order valence-electron chi connectivity index (χ2n) is 6.12. The van der Waals surface area contributed by atoms with Crippen LogP contribution in [0.2, 0.25) is 5.02 Å². The maximum absolute atomic E-state index is 13.4. The van der Waals surface area contributed by atoms with Crippen LogP contribution in [-0.2, 0) is 24.5 Å². The fraction of sp³-hybridized carbons (Fsp3) is 0.529. The summed E-state index contributed by atoms with van der Waals surface area (Å²) in [6.45, 7) is 1.61. The molecular weight excluding hydrogens is 334 g/mol. The zero-order chi connectivity index (χ0) is 17.2. The Kier molecular flexibility index (Phi) is 5.08. The summed E-state index contributed by atoms with van der Waals surface area (Å²) < 4.78 is 10.7. The molecule has 0 bridgehead atoms. The van der Waals surface area contributed by atoms with Crippen LogP contribution in [0.15, 0.2) is 24.3 Å². The van der Waals surface area contributed by atoms with Crippen LogP contribution in [0.25, 0.3) is 0 Å². The first kappa shape index (κ1) is 17.2. The lowest BCUT2D eigenvalue weighted by Gasteiger charge is -2.42. The van der Waals surface area contributed by atoms with Crippen LogP contribution in [0.3, 0.4) is 0 Å². The third kappa shape index (κ3) is 3.14. The molecule has 24 heavy (non-hydrogen) atoms. The molecule has 0 aliphatic carbocycles. The SMILES string of the molecule is O=C(O)[C@@H]1CN(C(=O)C2(c3ccccc3Cl)CCOCC2)CCO1. The summed E-state index contributed by atoms with van der Waals surface area (Å²) in [5.74, 6) is -1.14. The Morgan fingerprint density at radius 3 is 2.58 bits per heavy atom. The van der Waals surface area contributed by atoms with Gasteiger partial charge in [0.2, 0.25) is 5.91 Å². The van der Waals surface area contributed by atoms with Crippen LogP contribution in [0.1, 0.15) is 18.4 Å². The molecule has 0 unspecified atom stereocenters. The zero-order valence-electron chi connectivity index (χ0n) is 13.2. The van der Waals surface area contributed by atoms with Crippen molar-refractivity contribution in [3.8, 4) is 0 Å². The van der Waals surface area contributed by atoms with Gasteiger partial charge in [0.1, 0.15) is 0 Å². The summed E-state index contributed by atoms with van der Waals surface area (Å²) in [4.78, 5) is 26.2. The molecule has 2 aliphatic heterocycles. The van der Waals surface area contributed by atoms with Crippen molar-refractivity contribution in [2.24, 2.45) is 0 Å². The number of halogens is 1. The van der Waals surface area contributed by atoms with Gasteiger partial charge in [-0.3, -0.25) is 4.79 Å². The predicted octanol–water partition coefficient (Wildman–Crippen LogP) is 1.70. The zero-order valence-corrected chi connectivity index (χ0v) is 14.0. The number of hydrogen-bond donors (Lipinski definition) is 1. The topological polar surface area (TPSA) is 76.1 Å². The van der Waals surface area contributed by atoms with E-state index >= 15 is 0 Å². The summed E-state index contributed by atoms with van der Waals surface area (Å²) in [6.07, 6.45) is 0.0841. The Morgan fingerprint density at radius 2 is 1.92 bits per heavy atom. The van der Waals surface area contributed by atoms with Gasteiger partial charge in [0, 0.05) is 24.8 Å². The van der Waals surface area contributed by atoms with E-state index in [9.17, 15) is 9.59 Å². The van der Waals surface area contributed by atoms with Gasteiger partial charge in [-0.2, -0.15) is 0 Å². The van der Waals surface area contributed by atoms with Crippen molar-refractivity contribution in [1.82, 2.24) is 4.90 Å². The van der Waals surface area contributed by atoms with Crippen LogP contribution in [0, 0.1) is 0 Å². The molecule has 1 N–H and O–H groups in total. The number of amides is 1. The minimum Gasteiger partial charge on any atom is -0.479 e. The molecular formula is C17H20ClNO5. The number of hydrogen-bond acceptors (Lipinski definition) is 4. The molecule has 0 spiro atoms. The maximum Gasteiger partial charge on any atom is 0.334 e. The number of rotatable bonds is 3. The first-order chi connectivity index (χ1) is 11.5. The Bertz CT molecular complexity index is 629. The quantitative estimate of drug-likeness (QED) is 0.895. The largest absolute Gasteiger partial charge is 0.479 e. The Hall–Kier alpha value is -1.63. The number of carbonyl (C=O) groups excluding carboxylic acids is 1. The van der Waals surface area contributed by atoms with E-state index in [1.165, 1.54) is 0 Å². The normalized spacial score (nSPS) is 23.7. The number of aliphatic carboxylic acids is 1. The van der Waals surface area contributed by atoms with E-state index < -0.39 is 17.5 Å². The van der Waals surface area contributed by atoms with Crippen molar-refractivity contribution in [3.63, 3.8) is 0 Å². The summed E-state index contributed by atoms with van der Waals surface area (Å²) in [5, 5.41) is 9.72.